The van der Waals surface area contributed by atoms with Crippen molar-refractivity contribution in [3.8, 4) is 0 Å². The summed E-state index contributed by atoms with van der Waals surface area (Å²) in [6.07, 6.45) is -13.5. The number of aliphatic hydroxyl groups excluding tert-OH is 1. The van der Waals surface area contributed by atoms with Crippen LogP contribution in [-0.2, 0) is 18.1 Å². The van der Waals surface area contributed by atoms with E-state index >= 15 is 0 Å². The molecule has 3 aromatic carbocycles. The predicted molar refractivity (Wildman–Crippen MR) is 109 cm³/mol. The molecule has 3 rings (SSSR count). The minimum Gasteiger partial charge on any atom is -0.382 e. The molecular formula is C24H18F9NO. The van der Waals surface area contributed by atoms with Crippen molar-refractivity contribution in [2.24, 2.45) is 0 Å². The lowest BCUT2D eigenvalue weighted by atomic mass is 9.77. The van der Waals surface area contributed by atoms with Crippen molar-refractivity contribution in [3.05, 3.63) is 106 Å². The van der Waals surface area contributed by atoms with Crippen molar-refractivity contribution in [3.63, 3.8) is 0 Å². The van der Waals surface area contributed by atoms with Crippen molar-refractivity contribution >= 4 is 0 Å². The lowest BCUT2D eigenvalue weighted by Gasteiger charge is -2.38. The molecule has 0 fully saturated rings. The summed E-state index contributed by atoms with van der Waals surface area (Å²) < 4.78 is 122. The van der Waals surface area contributed by atoms with Crippen LogP contribution in [0.1, 0.15) is 22.3 Å². The SMILES string of the molecule is O[C@H](CN[C@](Cc1ccccc1)(c1cc(F)cc(C(F)(F)F)c1)c1ccc(F)c(F)c1)C(F)(F)F. The summed E-state index contributed by atoms with van der Waals surface area (Å²) in [5.74, 6) is -4.09. The number of hydrogen-bond donors (Lipinski definition) is 2. The highest BCUT2D eigenvalue weighted by Crippen LogP contribution is 2.39. The monoisotopic (exact) mass is 507 g/mol. The predicted octanol–water partition coefficient (Wildman–Crippen LogP) is 6.12. The number of alkyl halides is 6. The van der Waals surface area contributed by atoms with Crippen molar-refractivity contribution < 1.29 is 44.6 Å². The summed E-state index contributed by atoms with van der Waals surface area (Å²) in [6.45, 7) is -1.24. The third kappa shape index (κ3) is 6.15. The van der Waals surface area contributed by atoms with Gasteiger partial charge in [0.1, 0.15) is 5.82 Å². The van der Waals surface area contributed by atoms with Gasteiger partial charge in [0.25, 0.3) is 0 Å². The second-order valence-corrected chi connectivity index (χ2v) is 7.86. The first-order valence-corrected chi connectivity index (χ1v) is 10.1. The molecule has 35 heavy (non-hydrogen) atoms. The molecule has 0 amide bonds. The van der Waals surface area contributed by atoms with E-state index in [1.807, 2.05) is 0 Å². The molecule has 0 saturated heterocycles. The molecule has 0 radical (unpaired) electrons. The van der Waals surface area contributed by atoms with Crippen LogP contribution in [0.15, 0.2) is 66.7 Å². The fourth-order valence-electron chi connectivity index (χ4n) is 3.69. The molecule has 0 heterocycles. The Bertz CT molecular complexity index is 1160. The summed E-state index contributed by atoms with van der Waals surface area (Å²) in [6, 6.07) is 11.3. The highest BCUT2D eigenvalue weighted by atomic mass is 19.4. The van der Waals surface area contributed by atoms with E-state index in [1.165, 1.54) is 12.1 Å². The second-order valence-electron chi connectivity index (χ2n) is 7.86. The van der Waals surface area contributed by atoms with Gasteiger partial charge >= 0.3 is 12.4 Å². The van der Waals surface area contributed by atoms with Crippen LogP contribution < -0.4 is 5.32 Å². The maximum atomic E-state index is 14.4. The molecule has 0 aliphatic carbocycles. The molecule has 2 atom stereocenters. The van der Waals surface area contributed by atoms with Crippen molar-refractivity contribution in [2.75, 3.05) is 6.54 Å². The Labute approximate surface area is 194 Å². The van der Waals surface area contributed by atoms with Crippen LogP contribution in [-0.4, -0.2) is 23.9 Å². The topological polar surface area (TPSA) is 32.3 Å². The third-order valence-electron chi connectivity index (χ3n) is 5.42. The number of halogens is 9. The van der Waals surface area contributed by atoms with Crippen LogP contribution in [0.3, 0.4) is 0 Å². The van der Waals surface area contributed by atoms with Crippen molar-refractivity contribution in [2.45, 2.75) is 30.4 Å². The van der Waals surface area contributed by atoms with Gasteiger partial charge < -0.3 is 10.4 Å². The van der Waals surface area contributed by atoms with E-state index in [4.69, 9.17) is 0 Å². The smallest absolute Gasteiger partial charge is 0.382 e. The Balaban J connectivity index is 2.30. The summed E-state index contributed by atoms with van der Waals surface area (Å²) in [7, 11) is 0. The number of benzene rings is 3. The highest BCUT2D eigenvalue weighted by Gasteiger charge is 2.43. The summed E-state index contributed by atoms with van der Waals surface area (Å²) in [5, 5.41) is 12.0. The lowest BCUT2D eigenvalue weighted by molar-refractivity contribution is -0.202. The molecule has 0 spiro atoms. The number of aliphatic hydroxyl groups is 1. The Kier molecular flexibility index (Phi) is 7.51. The standard InChI is InChI=1S/C24H18F9NO/c25-18-9-16(8-17(10-18)23(28,29)30)22(12-14-4-2-1-3-5-14,34-13-21(35)24(31,32)33)15-6-7-19(26)20(27)11-15/h1-11,21,34-35H,12-13H2/t21-,22+/m1/s1. The zero-order valence-corrected chi connectivity index (χ0v) is 17.7. The van der Waals surface area contributed by atoms with E-state index in [1.54, 1.807) is 18.2 Å². The van der Waals surface area contributed by atoms with Crippen molar-refractivity contribution in [1.29, 1.82) is 0 Å². The van der Waals surface area contributed by atoms with E-state index < -0.39 is 65.5 Å². The minimum absolute atomic E-state index is 0.201. The molecule has 0 saturated carbocycles. The zero-order chi connectivity index (χ0) is 26.0. The van der Waals surface area contributed by atoms with Crippen molar-refractivity contribution in [1.82, 2.24) is 5.32 Å². The first kappa shape index (κ1) is 26.6. The van der Waals surface area contributed by atoms with Crippen LogP contribution in [0.5, 0.6) is 0 Å². The van der Waals surface area contributed by atoms with E-state index in [0.29, 0.717) is 29.8 Å². The van der Waals surface area contributed by atoms with E-state index in [9.17, 15) is 44.6 Å². The maximum absolute atomic E-state index is 14.4. The molecule has 0 aromatic heterocycles. The molecule has 2 nitrogen and oxygen atoms in total. The van der Waals surface area contributed by atoms with Gasteiger partial charge in [-0.15, -0.1) is 0 Å². The van der Waals surface area contributed by atoms with Crippen LogP contribution >= 0.6 is 0 Å². The van der Waals surface area contributed by atoms with Gasteiger partial charge in [0.2, 0.25) is 0 Å². The zero-order valence-electron chi connectivity index (χ0n) is 17.7. The van der Waals surface area contributed by atoms with Gasteiger partial charge in [-0.25, -0.2) is 13.2 Å². The normalized spacial score (nSPS) is 15.0. The second kappa shape index (κ2) is 9.90. The molecule has 0 unspecified atom stereocenters. The average Bonchev–Trinajstić information content (AvgIpc) is 2.77. The number of nitrogens with one attached hydrogen (secondary N) is 1. The molecule has 0 aliphatic heterocycles. The molecule has 11 heteroatoms. The largest absolute Gasteiger partial charge is 0.416 e. The molecule has 188 valence electrons. The lowest BCUT2D eigenvalue weighted by Crippen LogP contribution is -2.51. The van der Waals surface area contributed by atoms with E-state index in [0.717, 1.165) is 6.07 Å². The van der Waals surface area contributed by atoms with Gasteiger partial charge in [-0.1, -0.05) is 36.4 Å². The van der Waals surface area contributed by atoms with Crippen LogP contribution in [0, 0.1) is 17.5 Å². The molecule has 0 aliphatic rings. The number of rotatable bonds is 7. The van der Waals surface area contributed by atoms with Crippen LogP contribution in [0.25, 0.3) is 0 Å². The van der Waals surface area contributed by atoms with Crippen LogP contribution in [0.4, 0.5) is 39.5 Å². The van der Waals surface area contributed by atoms with Gasteiger partial charge in [-0.05, 0) is 53.4 Å². The Hall–Kier alpha value is -3.05. The van der Waals surface area contributed by atoms with Crippen LogP contribution in [0.2, 0.25) is 0 Å². The third-order valence-corrected chi connectivity index (χ3v) is 5.42. The first-order valence-electron chi connectivity index (χ1n) is 10.1. The Morgan fingerprint density at radius 3 is 1.91 bits per heavy atom. The molecular weight excluding hydrogens is 489 g/mol. The summed E-state index contributed by atoms with van der Waals surface area (Å²) in [5.41, 5.74) is -4.00. The highest BCUT2D eigenvalue weighted by molar-refractivity contribution is 5.44. The molecule has 3 aromatic rings. The fraction of sp³-hybridized carbons (Fsp3) is 0.250. The van der Waals surface area contributed by atoms with Gasteiger partial charge in [0.05, 0.1) is 11.1 Å². The summed E-state index contributed by atoms with van der Waals surface area (Å²) >= 11 is 0. The first-order chi connectivity index (χ1) is 16.2. The maximum Gasteiger partial charge on any atom is 0.416 e. The van der Waals surface area contributed by atoms with Gasteiger partial charge in [0, 0.05) is 6.54 Å². The van der Waals surface area contributed by atoms with Gasteiger partial charge in [0.15, 0.2) is 17.7 Å². The minimum atomic E-state index is -5.10. The fourth-order valence-corrected chi connectivity index (χ4v) is 3.69. The summed E-state index contributed by atoms with van der Waals surface area (Å²) in [4.78, 5) is 0. The van der Waals surface area contributed by atoms with E-state index in [2.05, 4.69) is 5.32 Å². The molecule has 0 bridgehead atoms. The Morgan fingerprint density at radius 1 is 0.714 bits per heavy atom. The van der Waals surface area contributed by atoms with Gasteiger partial charge in [-0.2, -0.15) is 26.3 Å². The van der Waals surface area contributed by atoms with Gasteiger partial charge in [-0.3, -0.25) is 0 Å². The molecule has 2 N–H and O–H groups in total. The Morgan fingerprint density at radius 2 is 1.34 bits per heavy atom. The average molecular weight is 507 g/mol. The number of hydrogen-bond acceptors (Lipinski definition) is 2. The quantitative estimate of drug-likeness (QED) is 0.378. The van der Waals surface area contributed by atoms with E-state index in [-0.39, 0.29) is 11.6 Å².